The minimum absolute atomic E-state index is 0.170. The molecule has 0 aliphatic carbocycles. The van der Waals surface area contributed by atoms with E-state index in [0.717, 1.165) is 25.5 Å². The van der Waals surface area contributed by atoms with Crippen LogP contribution >= 0.6 is 0 Å². The zero-order chi connectivity index (χ0) is 13.4. The van der Waals surface area contributed by atoms with E-state index in [1.807, 2.05) is 7.05 Å². The van der Waals surface area contributed by atoms with Gasteiger partial charge in [-0.05, 0) is 43.9 Å². The largest absolute Gasteiger partial charge is 0.372 e. The van der Waals surface area contributed by atoms with E-state index in [9.17, 15) is 0 Å². The van der Waals surface area contributed by atoms with Gasteiger partial charge in [-0.15, -0.1) is 0 Å². The Morgan fingerprint density at radius 1 is 1.22 bits per heavy atom. The minimum Gasteiger partial charge on any atom is -0.372 e. The molecule has 102 valence electrons. The summed E-state index contributed by atoms with van der Waals surface area (Å²) in [4.78, 5) is 0. The van der Waals surface area contributed by atoms with Gasteiger partial charge in [0.25, 0.3) is 0 Å². The molecule has 1 aromatic carbocycles. The molecule has 0 aromatic heterocycles. The molecule has 0 bridgehead atoms. The molecular formula is C16H27NO. The number of ether oxygens (including phenoxy) is 1. The first-order valence-corrected chi connectivity index (χ1v) is 6.97. The van der Waals surface area contributed by atoms with Gasteiger partial charge in [0.05, 0.1) is 6.10 Å². The van der Waals surface area contributed by atoms with Crippen LogP contribution in [0, 0.1) is 12.8 Å². The summed E-state index contributed by atoms with van der Waals surface area (Å²) in [7, 11) is 1.97. The molecule has 0 fully saturated rings. The van der Waals surface area contributed by atoms with Crippen LogP contribution in [0.2, 0.25) is 0 Å². The molecule has 2 nitrogen and oxygen atoms in total. The van der Waals surface area contributed by atoms with Gasteiger partial charge in [-0.25, -0.2) is 0 Å². The highest BCUT2D eigenvalue weighted by atomic mass is 16.5. The quantitative estimate of drug-likeness (QED) is 0.709. The summed E-state index contributed by atoms with van der Waals surface area (Å²) in [6.45, 7) is 8.37. The van der Waals surface area contributed by atoms with E-state index in [1.165, 1.54) is 17.5 Å². The second-order valence-corrected chi connectivity index (χ2v) is 5.31. The van der Waals surface area contributed by atoms with Gasteiger partial charge in [-0.3, -0.25) is 0 Å². The standard InChI is InChI=1S/C16H27NO/c1-13(2)8-7-11-18-16(12-17-4)15-10-6-5-9-14(15)3/h5-6,9-10,13,16-17H,7-8,11-12H2,1-4H3. The Balaban J connectivity index is 2.52. The van der Waals surface area contributed by atoms with Crippen LogP contribution in [0.15, 0.2) is 24.3 Å². The van der Waals surface area contributed by atoms with Crippen molar-refractivity contribution in [2.45, 2.75) is 39.7 Å². The lowest BCUT2D eigenvalue weighted by Crippen LogP contribution is -2.21. The van der Waals surface area contributed by atoms with Crippen LogP contribution in [-0.4, -0.2) is 20.2 Å². The summed E-state index contributed by atoms with van der Waals surface area (Å²) in [5.41, 5.74) is 2.61. The topological polar surface area (TPSA) is 21.3 Å². The summed E-state index contributed by atoms with van der Waals surface area (Å²) < 4.78 is 6.04. The number of benzene rings is 1. The second-order valence-electron chi connectivity index (χ2n) is 5.31. The van der Waals surface area contributed by atoms with E-state index in [4.69, 9.17) is 4.74 Å². The van der Waals surface area contributed by atoms with Crippen molar-refractivity contribution in [3.05, 3.63) is 35.4 Å². The molecule has 1 rings (SSSR count). The molecule has 1 aromatic rings. The van der Waals surface area contributed by atoms with Gasteiger partial charge in [-0.1, -0.05) is 38.1 Å². The van der Waals surface area contributed by atoms with Crippen molar-refractivity contribution in [1.29, 1.82) is 0 Å². The number of aryl methyl sites for hydroxylation is 1. The maximum atomic E-state index is 6.04. The Morgan fingerprint density at radius 3 is 2.56 bits per heavy atom. The molecule has 0 aliphatic rings. The molecule has 0 saturated carbocycles. The van der Waals surface area contributed by atoms with Crippen LogP contribution in [0.1, 0.15) is 43.9 Å². The maximum absolute atomic E-state index is 6.04. The summed E-state index contributed by atoms with van der Waals surface area (Å²) in [6, 6.07) is 8.48. The number of nitrogens with one attached hydrogen (secondary N) is 1. The third-order valence-corrected chi connectivity index (χ3v) is 3.17. The highest BCUT2D eigenvalue weighted by Crippen LogP contribution is 2.21. The van der Waals surface area contributed by atoms with Gasteiger partial charge in [0.2, 0.25) is 0 Å². The first-order chi connectivity index (χ1) is 8.65. The summed E-state index contributed by atoms with van der Waals surface area (Å²) >= 11 is 0. The van der Waals surface area contributed by atoms with Gasteiger partial charge in [0, 0.05) is 13.2 Å². The molecule has 1 atom stereocenters. The van der Waals surface area contributed by atoms with Crippen LogP contribution in [0.4, 0.5) is 0 Å². The first-order valence-electron chi connectivity index (χ1n) is 6.97. The van der Waals surface area contributed by atoms with Crippen LogP contribution in [0.25, 0.3) is 0 Å². The number of rotatable bonds is 8. The van der Waals surface area contributed by atoms with Crippen molar-refractivity contribution in [3.63, 3.8) is 0 Å². The smallest absolute Gasteiger partial charge is 0.0951 e. The number of likely N-dealkylation sites (N-methyl/N-ethyl adjacent to an activating group) is 1. The normalized spacial score (nSPS) is 12.9. The zero-order valence-corrected chi connectivity index (χ0v) is 12.2. The molecule has 0 aliphatic heterocycles. The Kier molecular flexibility index (Phi) is 6.99. The van der Waals surface area contributed by atoms with Gasteiger partial charge in [0.15, 0.2) is 0 Å². The highest BCUT2D eigenvalue weighted by Gasteiger charge is 2.12. The molecule has 0 saturated heterocycles. The lowest BCUT2D eigenvalue weighted by Gasteiger charge is -2.20. The van der Waals surface area contributed by atoms with Crippen LogP contribution in [0.5, 0.6) is 0 Å². The van der Waals surface area contributed by atoms with E-state index in [2.05, 4.69) is 50.4 Å². The predicted octanol–water partition coefficient (Wildman–Crippen LogP) is 3.71. The number of hydrogen-bond donors (Lipinski definition) is 1. The summed E-state index contributed by atoms with van der Waals surface area (Å²) in [5, 5.41) is 3.22. The van der Waals surface area contributed by atoms with Crippen molar-refractivity contribution < 1.29 is 4.74 Å². The second kappa shape index (κ2) is 8.28. The monoisotopic (exact) mass is 249 g/mol. The lowest BCUT2D eigenvalue weighted by atomic mass is 10.0. The zero-order valence-electron chi connectivity index (χ0n) is 12.2. The first kappa shape index (κ1) is 15.2. The minimum atomic E-state index is 0.170. The van der Waals surface area contributed by atoms with Crippen LogP contribution in [0.3, 0.4) is 0 Å². The van der Waals surface area contributed by atoms with Crippen molar-refractivity contribution in [2.24, 2.45) is 5.92 Å². The Labute approximate surface area is 112 Å². The summed E-state index contributed by atoms with van der Waals surface area (Å²) in [6.07, 6.45) is 2.55. The van der Waals surface area contributed by atoms with Gasteiger partial charge in [0.1, 0.15) is 0 Å². The van der Waals surface area contributed by atoms with Crippen LogP contribution < -0.4 is 5.32 Å². The molecule has 1 unspecified atom stereocenters. The molecule has 0 amide bonds. The van der Waals surface area contributed by atoms with Gasteiger partial charge in [-0.2, -0.15) is 0 Å². The van der Waals surface area contributed by atoms with Gasteiger partial charge < -0.3 is 10.1 Å². The van der Waals surface area contributed by atoms with Crippen molar-refractivity contribution in [3.8, 4) is 0 Å². The maximum Gasteiger partial charge on any atom is 0.0951 e. The third kappa shape index (κ3) is 5.19. The lowest BCUT2D eigenvalue weighted by molar-refractivity contribution is 0.0496. The van der Waals surface area contributed by atoms with E-state index < -0.39 is 0 Å². The Bertz CT molecular complexity index is 336. The highest BCUT2D eigenvalue weighted by molar-refractivity contribution is 5.28. The molecule has 18 heavy (non-hydrogen) atoms. The molecular weight excluding hydrogens is 222 g/mol. The average molecular weight is 249 g/mol. The van der Waals surface area contributed by atoms with Gasteiger partial charge >= 0.3 is 0 Å². The van der Waals surface area contributed by atoms with Crippen molar-refractivity contribution >= 4 is 0 Å². The third-order valence-electron chi connectivity index (χ3n) is 3.17. The SMILES string of the molecule is CNCC(OCCCC(C)C)c1ccccc1C. The fraction of sp³-hybridized carbons (Fsp3) is 0.625. The van der Waals surface area contributed by atoms with Crippen molar-refractivity contribution in [2.75, 3.05) is 20.2 Å². The predicted molar refractivity (Wildman–Crippen MR) is 77.9 cm³/mol. The molecule has 0 radical (unpaired) electrons. The van der Waals surface area contributed by atoms with E-state index >= 15 is 0 Å². The molecule has 2 heteroatoms. The molecule has 0 spiro atoms. The Hall–Kier alpha value is -0.860. The van der Waals surface area contributed by atoms with Crippen LogP contribution in [-0.2, 0) is 4.74 Å². The van der Waals surface area contributed by atoms with E-state index in [0.29, 0.717) is 0 Å². The summed E-state index contributed by atoms with van der Waals surface area (Å²) in [5.74, 6) is 0.759. The fourth-order valence-electron chi connectivity index (χ4n) is 2.11. The molecule has 1 N–H and O–H groups in total. The molecule has 0 heterocycles. The number of hydrogen-bond acceptors (Lipinski definition) is 2. The average Bonchev–Trinajstić information content (AvgIpc) is 2.34. The van der Waals surface area contributed by atoms with E-state index in [-0.39, 0.29) is 6.10 Å². The van der Waals surface area contributed by atoms with Crippen molar-refractivity contribution in [1.82, 2.24) is 5.32 Å². The fourth-order valence-corrected chi connectivity index (χ4v) is 2.11. The Morgan fingerprint density at radius 2 is 1.94 bits per heavy atom. The van der Waals surface area contributed by atoms with E-state index in [1.54, 1.807) is 0 Å².